The van der Waals surface area contributed by atoms with Crippen molar-refractivity contribution in [2.45, 2.75) is 6.42 Å². The Morgan fingerprint density at radius 3 is 2.76 bits per heavy atom. The van der Waals surface area contributed by atoms with Crippen molar-refractivity contribution in [2.24, 2.45) is 5.92 Å². The number of hydrogen-bond acceptors (Lipinski definition) is 4. The predicted molar refractivity (Wildman–Crippen MR) is 106 cm³/mol. The Bertz CT molecular complexity index is 1040. The smallest absolute Gasteiger partial charge is 0.323 e. The van der Waals surface area contributed by atoms with Gasteiger partial charge in [-0.25, -0.2) is 18.6 Å². The second-order valence-electron chi connectivity index (χ2n) is 7.03. The van der Waals surface area contributed by atoms with Crippen LogP contribution in [0.2, 0.25) is 0 Å². The first-order valence-electron chi connectivity index (χ1n) is 9.16. The van der Waals surface area contributed by atoms with Gasteiger partial charge in [-0.1, -0.05) is 6.07 Å². The summed E-state index contributed by atoms with van der Waals surface area (Å²) in [6.45, 7) is 1.24. The first-order valence-corrected chi connectivity index (χ1v) is 9.16. The van der Waals surface area contributed by atoms with Crippen molar-refractivity contribution in [2.75, 3.05) is 24.1 Å². The van der Waals surface area contributed by atoms with Crippen molar-refractivity contribution < 1.29 is 13.6 Å². The number of rotatable bonds is 4. The molecule has 0 radical (unpaired) electrons. The Hall–Kier alpha value is -3.55. The molecule has 29 heavy (non-hydrogen) atoms. The fourth-order valence-electron chi connectivity index (χ4n) is 3.31. The molecule has 2 aromatic heterocycles. The fraction of sp³-hybridized carbons (Fsp3) is 0.190. The molecular weight excluding hydrogens is 376 g/mol. The molecule has 2 amide bonds. The number of nitrogens with zero attached hydrogens (tertiary/aromatic N) is 3. The minimum Gasteiger partial charge on any atom is -0.396 e. The lowest BCUT2D eigenvalue weighted by atomic mass is 9.93. The lowest BCUT2D eigenvalue weighted by molar-refractivity contribution is 0.131. The van der Waals surface area contributed by atoms with E-state index in [4.69, 9.17) is 5.73 Å². The van der Waals surface area contributed by atoms with Crippen LogP contribution in [0.4, 0.5) is 25.1 Å². The number of carbonyl (C=O) groups is 1. The zero-order valence-corrected chi connectivity index (χ0v) is 15.5. The molecule has 148 valence electrons. The minimum atomic E-state index is -0.736. The molecule has 0 aliphatic carbocycles. The van der Waals surface area contributed by atoms with Crippen molar-refractivity contribution in [3.8, 4) is 11.3 Å². The fourth-order valence-corrected chi connectivity index (χ4v) is 3.31. The van der Waals surface area contributed by atoms with Gasteiger partial charge in [0.1, 0.15) is 11.6 Å². The summed E-state index contributed by atoms with van der Waals surface area (Å²) >= 11 is 0. The van der Waals surface area contributed by atoms with E-state index in [0.29, 0.717) is 19.0 Å². The first-order chi connectivity index (χ1) is 14.0. The number of aromatic nitrogens is 2. The van der Waals surface area contributed by atoms with Gasteiger partial charge in [0.05, 0.1) is 11.4 Å². The summed E-state index contributed by atoms with van der Waals surface area (Å²) in [5, 5.41) is 2.68. The number of amides is 2. The maximum absolute atomic E-state index is 14.0. The van der Waals surface area contributed by atoms with Crippen LogP contribution in [0.15, 0.2) is 54.9 Å². The molecule has 1 fully saturated rings. The Kier molecular flexibility index (Phi) is 5.07. The summed E-state index contributed by atoms with van der Waals surface area (Å²) in [5.74, 6) is -0.892. The van der Waals surface area contributed by atoms with Crippen LogP contribution in [0.3, 0.4) is 0 Å². The van der Waals surface area contributed by atoms with Crippen LogP contribution < -0.4 is 11.1 Å². The van der Waals surface area contributed by atoms with Gasteiger partial charge in [-0.15, -0.1) is 0 Å². The number of halogens is 2. The quantitative estimate of drug-likeness (QED) is 0.705. The van der Waals surface area contributed by atoms with E-state index in [-0.39, 0.29) is 28.8 Å². The third kappa shape index (κ3) is 4.16. The average Bonchev–Trinajstić information content (AvgIpc) is 2.67. The lowest BCUT2D eigenvalue weighted by Gasteiger charge is -2.39. The predicted octanol–water partition coefficient (Wildman–Crippen LogP) is 3.71. The summed E-state index contributed by atoms with van der Waals surface area (Å²) in [6, 6.07) is 9.88. The number of anilines is 2. The van der Waals surface area contributed by atoms with Crippen LogP contribution in [-0.4, -0.2) is 34.0 Å². The van der Waals surface area contributed by atoms with Crippen LogP contribution in [0.25, 0.3) is 11.3 Å². The number of hydrogen-bond donors (Lipinski definition) is 2. The van der Waals surface area contributed by atoms with Gasteiger partial charge in [-0.05, 0) is 48.2 Å². The maximum atomic E-state index is 14.0. The molecule has 1 aliphatic heterocycles. The van der Waals surface area contributed by atoms with E-state index in [1.807, 2.05) is 18.3 Å². The highest BCUT2D eigenvalue weighted by Crippen LogP contribution is 2.27. The zero-order valence-electron chi connectivity index (χ0n) is 15.5. The average molecular weight is 395 g/mol. The van der Waals surface area contributed by atoms with Crippen LogP contribution in [0, 0.1) is 17.6 Å². The van der Waals surface area contributed by atoms with E-state index in [9.17, 15) is 13.6 Å². The van der Waals surface area contributed by atoms with Gasteiger partial charge in [-0.3, -0.25) is 10.3 Å². The van der Waals surface area contributed by atoms with E-state index < -0.39 is 11.6 Å². The lowest BCUT2D eigenvalue weighted by Crippen LogP contribution is -2.52. The molecule has 0 atom stereocenters. The van der Waals surface area contributed by atoms with E-state index in [0.717, 1.165) is 24.1 Å². The van der Waals surface area contributed by atoms with Gasteiger partial charge in [0.15, 0.2) is 5.82 Å². The number of pyridine rings is 2. The largest absolute Gasteiger partial charge is 0.396 e. The highest BCUT2D eigenvalue weighted by Gasteiger charge is 2.31. The van der Waals surface area contributed by atoms with Crippen molar-refractivity contribution in [3.63, 3.8) is 0 Å². The van der Waals surface area contributed by atoms with Crippen LogP contribution in [0.5, 0.6) is 0 Å². The first kappa shape index (κ1) is 18.8. The Morgan fingerprint density at radius 1 is 1.21 bits per heavy atom. The molecule has 6 nitrogen and oxygen atoms in total. The number of benzene rings is 1. The van der Waals surface area contributed by atoms with Gasteiger partial charge in [0.25, 0.3) is 0 Å². The Labute approximate surface area is 166 Å². The topological polar surface area (TPSA) is 84.1 Å². The Balaban J connectivity index is 1.41. The molecule has 3 aromatic rings. The molecule has 1 aromatic carbocycles. The molecule has 0 spiro atoms. The van der Waals surface area contributed by atoms with Gasteiger partial charge >= 0.3 is 6.03 Å². The van der Waals surface area contributed by atoms with Gasteiger partial charge in [-0.2, -0.15) is 0 Å². The number of nitrogens with two attached hydrogens (primary N) is 1. The number of nitrogens with one attached hydrogen (secondary N) is 1. The molecule has 0 bridgehead atoms. The van der Waals surface area contributed by atoms with Crippen molar-refractivity contribution in [1.82, 2.24) is 14.9 Å². The summed E-state index contributed by atoms with van der Waals surface area (Å²) in [7, 11) is 0. The molecule has 8 heteroatoms. The van der Waals surface area contributed by atoms with E-state index in [1.165, 1.54) is 18.2 Å². The van der Waals surface area contributed by atoms with Gasteiger partial charge < -0.3 is 10.6 Å². The molecule has 3 N–H and O–H groups in total. The molecule has 1 aliphatic rings. The third-order valence-electron chi connectivity index (χ3n) is 4.85. The SMILES string of the molecule is Nc1ccc(-c2ccc(F)cc2F)nc1NC(=O)N1CC(Cc2cccnc2)C1. The van der Waals surface area contributed by atoms with Gasteiger partial charge in [0, 0.05) is 37.1 Å². The summed E-state index contributed by atoms with van der Waals surface area (Å²) in [4.78, 5) is 22.5. The molecule has 4 rings (SSSR count). The standard InChI is InChI=1S/C21H19F2N5O/c22-15-3-4-16(17(23)9-15)19-6-5-18(24)20(26-19)27-21(29)28-11-14(12-28)8-13-2-1-7-25-10-13/h1-7,9-10,14H,8,11-12,24H2,(H,26,27,29). The molecule has 1 saturated heterocycles. The minimum absolute atomic E-state index is 0.127. The van der Waals surface area contributed by atoms with E-state index >= 15 is 0 Å². The van der Waals surface area contributed by atoms with Crippen LogP contribution in [-0.2, 0) is 6.42 Å². The van der Waals surface area contributed by atoms with Crippen LogP contribution >= 0.6 is 0 Å². The second-order valence-corrected chi connectivity index (χ2v) is 7.03. The monoisotopic (exact) mass is 395 g/mol. The Morgan fingerprint density at radius 2 is 2.03 bits per heavy atom. The maximum Gasteiger partial charge on any atom is 0.323 e. The number of likely N-dealkylation sites (tertiary alicyclic amines) is 1. The normalized spacial score (nSPS) is 13.8. The molecular formula is C21H19F2N5O. The van der Waals surface area contributed by atoms with Crippen molar-refractivity contribution in [1.29, 1.82) is 0 Å². The van der Waals surface area contributed by atoms with Gasteiger partial charge in [0.2, 0.25) is 0 Å². The molecule has 0 unspecified atom stereocenters. The highest BCUT2D eigenvalue weighted by molar-refractivity contribution is 5.92. The molecule has 0 saturated carbocycles. The number of carbonyl (C=O) groups excluding carboxylic acids is 1. The van der Waals surface area contributed by atoms with E-state index in [2.05, 4.69) is 15.3 Å². The number of urea groups is 1. The highest BCUT2D eigenvalue weighted by atomic mass is 19.1. The third-order valence-corrected chi connectivity index (χ3v) is 4.85. The molecule has 3 heterocycles. The second kappa shape index (κ2) is 7.83. The van der Waals surface area contributed by atoms with E-state index in [1.54, 1.807) is 11.1 Å². The number of nitrogen functional groups attached to an aromatic ring is 1. The summed E-state index contributed by atoms with van der Waals surface area (Å²) in [6.07, 6.45) is 4.41. The van der Waals surface area contributed by atoms with Crippen LogP contribution in [0.1, 0.15) is 5.56 Å². The van der Waals surface area contributed by atoms with Crippen molar-refractivity contribution in [3.05, 3.63) is 72.1 Å². The zero-order chi connectivity index (χ0) is 20.4. The summed E-state index contributed by atoms with van der Waals surface area (Å²) < 4.78 is 27.2. The summed E-state index contributed by atoms with van der Waals surface area (Å²) in [5.41, 5.74) is 7.69. The van der Waals surface area contributed by atoms with Crippen molar-refractivity contribution >= 4 is 17.5 Å².